The number of amides is 4. The van der Waals surface area contributed by atoms with Crippen molar-refractivity contribution in [2.75, 3.05) is 11.4 Å². The Hall–Kier alpha value is -3.23. The number of urea groups is 1. The average Bonchev–Trinajstić information content (AvgIpc) is 2.94. The lowest BCUT2D eigenvalue weighted by molar-refractivity contribution is -0.146. The number of aryl methyl sites for hydroxylation is 1. The highest BCUT2D eigenvalue weighted by Gasteiger charge is 2.60. The molecule has 2 aromatic heterocycles. The van der Waals surface area contributed by atoms with Crippen LogP contribution in [0.2, 0.25) is 0 Å². The van der Waals surface area contributed by atoms with Crippen LogP contribution in [0.4, 0.5) is 10.6 Å². The van der Waals surface area contributed by atoms with Crippen LogP contribution in [0, 0.1) is 12.3 Å². The van der Waals surface area contributed by atoms with Crippen LogP contribution in [0.15, 0.2) is 23.1 Å². The van der Waals surface area contributed by atoms with Gasteiger partial charge in [-0.2, -0.15) is 0 Å². The Labute approximate surface area is 166 Å². The van der Waals surface area contributed by atoms with E-state index in [0.717, 1.165) is 24.8 Å². The minimum atomic E-state index is -1.52. The molecule has 0 radical (unpaired) electrons. The zero-order valence-electron chi connectivity index (χ0n) is 16.0. The number of carbonyl (C=O) groups excluding carboxylic acids is 3. The van der Waals surface area contributed by atoms with Crippen molar-refractivity contribution < 1.29 is 14.4 Å². The van der Waals surface area contributed by atoms with E-state index in [2.05, 4.69) is 10.6 Å². The summed E-state index contributed by atoms with van der Waals surface area (Å²) < 4.78 is 1.46. The summed E-state index contributed by atoms with van der Waals surface area (Å²) in [6, 6.07) is 2.39. The SMILES string of the molecule is Cc1cccn2c(=O)c3c(nc12)N1CCCCCC1C1(C3)C(=O)NC(=O)NC1=O. The molecule has 1 atom stereocenters. The van der Waals surface area contributed by atoms with E-state index >= 15 is 0 Å². The Kier molecular flexibility index (Phi) is 3.77. The van der Waals surface area contributed by atoms with Crippen LogP contribution in [0.25, 0.3) is 5.65 Å². The van der Waals surface area contributed by atoms with E-state index in [1.807, 2.05) is 17.9 Å². The summed E-state index contributed by atoms with van der Waals surface area (Å²) in [6.45, 7) is 2.49. The maximum atomic E-state index is 13.4. The van der Waals surface area contributed by atoms with Crippen molar-refractivity contribution in [2.24, 2.45) is 5.41 Å². The first-order valence-corrected chi connectivity index (χ1v) is 9.88. The second kappa shape index (κ2) is 6.13. The molecule has 0 aromatic carbocycles. The smallest absolute Gasteiger partial charge is 0.328 e. The van der Waals surface area contributed by atoms with E-state index in [1.54, 1.807) is 12.3 Å². The molecule has 1 unspecified atom stereocenters. The summed E-state index contributed by atoms with van der Waals surface area (Å²) in [7, 11) is 0. The topological polar surface area (TPSA) is 113 Å². The third kappa shape index (κ3) is 2.36. The van der Waals surface area contributed by atoms with Gasteiger partial charge in [0.15, 0.2) is 5.41 Å². The van der Waals surface area contributed by atoms with Gasteiger partial charge >= 0.3 is 6.03 Å². The molecule has 3 aliphatic rings. The molecule has 0 aliphatic carbocycles. The van der Waals surface area contributed by atoms with Crippen molar-refractivity contribution in [1.82, 2.24) is 20.0 Å². The molecule has 29 heavy (non-hydrogen) atoms. The Bertz CT molecular complexity index is 1120. The zero-order chi connectivity index (χ0) is 20.3. The molecule has 0 saturated carbocycles. The lowest BCUT2D eigenvalue weighted by Crippen LogP contribution is -2.71. The molecule has 2 fully saturated rings. The maximum absolute atomic E-state index is 13.4. The van der Waals surface area contributed by atoms with E-state index < -0.39 is 29.3 Å². The average molecular weight is 395 g/mol. The van der Waals surface area contributed by atoms with Gasteiger partial charge in [0.1, 0.15) is 11.5 Å². The highest BCUT2D eigenvalue weighted by atomic mass is 16.2. The van der Waals surface area contributed by atoms with Gasteiger partial charge in [0, 0.05) is 19.2 Å². The van der Waals surface area contributed by atoms with E-state index in [9.17, 15) is 19.2 Å². The van der Waals surface area contributed by atoms with E-state index in [-0.39, 0.29) is 12.0 Å². The second-order valence-corrected chi connectivity index (χ2v) is 8.05. The predicted molar refractivity (Wildman–Crippen MR) is 104 cm³/mol. The van der Waals surface area contributed by atoms with E-state index in [1.165, 1.54) is 4.40 Å². The molecule has 5 rings (SSSR count). The first-order valence-electron chi connectivity index (χ1n) is 9.88. The molecule has 1 spiro atoms. The van der Waals surface area contributed by atoms with Crippen LogP contribution in [-0.2, 0) is 16.0 Å². The number of anilines is 1. The van der Waals surface area contributed by atoms with Crippen LogP contribution in [-0.4, -0.2) is 39.8 Å². The third-order valence-corrected chi connectivity index (χ3v) is 6.43. The van der Waals surface area contributed by atoms with Gasteiger partial charge in [0.2, 0.25) is 11.8 Å². The molecule has 2 saturated heterocycles. The van der Waals surface area contributed by atoms with Crippen molar-refractivity contribution >= 4 is 29.3 Å². The highest BCUT2D eigenvalue weighted by Crippen LogP contribution is 2.44. The standard InChI is InChI=1S/C20H21N5O4/c1-11-6-5-9-25-14(11)21-15-12(16(25)26)10-20(13-7-3-2-4-8-24(13)15)17(27)22-19(29)23-18(20)28/h5-6,9,13H,2-4,7-8,10H2,1H3,(H2,22,23,27,28,29). The van der Waals surface area contributed by atoms with Crippen molar-refractivity contribution in [2.45, 2.75) is 45.1 Å². The fraction of sp³-hybridized carbons (Fsp3) is 0.450. The molecule has 9 nitrogen and oxygen atoms in total. The lowest BCUT2D eigenvalue weighted by Gasteiger charge is -2.48. The molecular formula is C20H21N5O4. The summed E-state index contributed by atoms with van der Waals surface area (Å²) >= 11 is 0. The number of aromatic nitrogens is 2. The summed E-state index contributed by atoms with van der Waals surface area (Å²) in [5.74, 6) is -0.718. The van der Waals surface area contributed by atoms with Crippen LogP contribution in [0.3, 0.4) is 0 Å². The Morgan fingerprint density at radius 1 is 1.10 bits per heavy atom. The van der Waals surface area contributed by atoms with Crippen LogP contribution < -0.4 is 21.1 Å². The summed E-state index contributed by atoms with van der Waals surface area (Å²) in [5.41, 5.74) is -0.0238. The number of fused-ring (bicyclic) bond motifs is 5. The molecule has 4 amide bonds. The Balaban J connectivity index is 1.80. The van der Waals surface area contributed by atoms with Crippen molar-refractivity contribution in [1.29, 1.82) is 0 Å². The fourth-order valence-corrected chi connectivity index (χ4v) is 5.01. The second-order valence-electron chi connectivity index (χ2n) is 8.05. The first kappa shape index (κ1) is 17.8. The molecule has 5 heterocycles. The maximum Gasteiger partial charge on any atom is 0.328 e. The monoisotopic (exact) mass is 395 g/mol. The molecule has 9 heteroatoms. The molecular weight excluding hydrogens is 374 g/mol. The number of rotatable bonds is 0. The largest absolute Gasteiger partial charge is 0.352 e. The van der Waals surface area contributed by atoms with Gasteiger partial charge in [-0.15, -0.1) is 0 Å². The minimum Gasteiger partial charge on any atom is -0.352 e. The quantitative estimate of drug-likeness (QED) is 0.634. The Morgan fingerprint density at radius 3 is 2.62 bits per heavy atom. The molecule has 2 N–H and O–H groups in total. The van der Waals surface area contributed by atoms with Gasteiger partial charge in [0.25, 0.3) is 5.56 Å². The summed E-state index contributed by atoms with van der Waals surface area (Å²) in [6.07, 6.45) is 4.89. The number of nitrogens with zero attached hydrogens (tertiary/aromatic N) is 3. The number of imide groups is 2. The molecule has 3 aliphatic heterocycles. The zero-order valence-corrected chi connectivity index (χ0v) is 16.0. The molecule has 2 aromatic rings. The van der Waals surface area contributed by atoms with Gasteiger partial charge in [0.05, 0.1) is 11.6 Å². The molecule has 150 valence electrons. The van der Waals surface area contributed by atoms with Gasteiger partial charge < -0.3 is 4.90 Å². The van der Waals surface area contributed by atoms with Gasteiger partial charge in [-0.25, -0.2) is 9.78 Å². The predicted octanol–water partition coefficient (Wildman–Crippen LogP) is 0.660. The lowest BCUT2D eigenvalue weighted by atomic mass is 9.68. The molecule has 0 bridgehead atoms. The number of hydrogen-bond donors (Lipinski definition) is 2. The highest BCUT2D eigenvalue weighted by molar-refractivity contribution is 6.20. The third-order valence-electron chi connectivity index (χ3n) is 6.43. The first-order chi connectivity index (χ1) is 13.9. The normalized spacial score (nSPS) is 23.3. The summed E-state index contributed by atoms with van der Waals surface area (Å²) in [4.78, 5) is 57.9. The van der Waals surface area contributed by atoms with Gasteiger partial charge in [-0.05, 0) is 31.4 Å². The number of pyridine rings is 1. The van der Waals surface area contributed by atoms with Crippen LogP contribution in [0.1, 0.15) is 36.8 Å². The number of hydrogen-bond acceptors (Lipinski definition) is 6. The minimum absolute atomic E-state index is 0.0723. The summed E-state index contributed by atoms with van der Waals surface area (Å²) in [5, 5.41) is 4.51. The van der Waals surface area contributed by atoms with Gasteiger partial charge in [-0.3, -0.25) is 29.4 Å². The van der Waals surface area contributed by atoms with Crippen molar-refractivity contribution in [3.8, 4) is 0 Å². The fourth-order valence-electron chi connectivity index (χ4n) is 5.01. The number of carbonyl (C=O) groups is 3. The van der Waals surface area contributed by atoms with Crippen LogP contribution in [0.5, 0.6) is 0 Å². The van der Waals surface area contributed by atoms with Crippen molar-refractivity contribution in [3.63, 3.8) is 0 Å². The van der Waals surface area contributed by atoms with Crippen molar-refractivity contribution in [3.05, 3.63) is 39.8 Å². The van der Waals surface area contributed by atoms with E-state index in [0.29, 0.717) is 30.0 Å². The number of barbiturate groups is 1. The Morgan fingerprint density at radius 2 is 1.86 bits per heavy atom. The van der Waals surface area contributed by atoms with Gasteiger partial charge in [-0.1, -0.05) is 18.9 Å². The van der Waals surface area contributed by atoms with E-state index in [4.69, 9.17) is 4.98 Å². The van der Waals surface area contributed by atoms with Crippen LogP contribution >= 0.6 is 0 Å². The number of nitrogens with one attached hydrogen (secondary N) is 2.